The molecule has 0 aromatic heterocycles. The van der Waals surface area contributed by atoms with Crippen LogP contribution >= 0.6 is 22.6 Å². The smallest absolute Gasteiger partial charge is 0.170 e. The van der Waals surface area contributed by atoms with Crippen LogP contribution in [0.2, 0.25) is 0 Å². The van der Waals surface area contributed by atoms with Gasteiger partial charge >= 0.3 is 0 Å². The lowest BCUT2D eigenvalue weighted by molar-refractivity contribution is -0.247. The average Bonchev–Trinajstić information content (AvgIpc) is 3.40. The van der Waals surface area contributed by atoms with Gasteiger partial charge in [-0.1, -0.05) is 35.4 Å². The van der Waals surface area contributed by atoms with Gasteiger partial charge in [-0.25, -0.2) is 0 Å². The number of fused-ring (bicyclic) bond motifs is 1. The van der Waals surface area contributed by atoms with Crippen LogP contribution in [0, 0.1) is 0 Å². The highest BCUT2D eigenvalue weighted by Crippen LogP contribution is 2.55. The van der Waals surface area contributed by atoms with E-state index >= 15 is 0 Å². The van der Waals surface area contributed by atoms with Crippen molar-refractivity contribution in [2.24, 2.45) is 0 Å². The Kier molecular flexibility index (Phi) is 6.41. The summed E-state index contributed by atoms with van der Waals surface area (Å²) in [5, 5.41) is 0. The Morgan fingerprint density at radius 3 is 2.33 bits per heavy atom. The van der Waals surface area contributed by atoms with Gasteiger partial charge in [-0.15, -0.1) is 0 Å². The van der Waals surface area contributed by atoms with Gasteiger partial charge in [0, 0.05) is 30.1 Å². The fourth-order valence-electron chi connectivity index (χ4n) is 6.14. The standard InChI is InChI=1S/C23H35IO6/c1-25-14-8-9-18-23(16-24)20(29-22(30-23)12-6-3-7-13-22)19(27-18)17-15-26-21(28-17)10-4-2-5-11-21/h8,14,17-20H,2-7,9-13,15-16H2,1H3/b14-8+/t17-,18?,19+,20-,23?/m1/s1. The molecule has 2 unspecified atom stereocenters. The molecule has 0 aromatic carbocycles. The molecule has 6 nitrogen and oxygen atoms in total. The third-order valence-electron chi connectivity index (χ3n) is 7.63. The Bertz CT molecular complexity index is 629. The Labute approximate surface area is 193 Å². The minimum atomic E-state index is -0.457. The molecule has 5 atom stereocenters. The molecule has 0 radical (unpaired) electrons. The lowest BCUT2D eigenvalue weighted by atomic mass is 9.89. The molecule has 7 heteroatoms. The van der Waals surface area contributed by atoms with Crippen LogP contribution in [0.4, 0.5) is 0 Å². The van der Waals surface area contributed by atoms with Crippen molar-refractivity contribution < 1.29 is 28.4 Å². The summed E-state index contributed by atoms with van der Waals surface area (Å²) in [7, 11) is 1.67. The number of ether oxygens (including phenoxy) is 6. The third kappa shape index (κ3) is 3.75. The van der Waals surface area contributed by atoms with Gasteiger partial charge in [0.1, 0.15) is 23.9 Å². The van der Waals surface area contributed by atoms with Crippen molar-refractivity contribution in [2.75, 3.05) is 18.1 Å². The van der Waals surface area contributed by atoms with Gasteiger partial charge < -0.3 is 28.4 Å². The van der Waals surface area contributed by atoms with Crippen molar-refractivity contribution in [2.45, 2.75) is 112 Å². The first kappa shape index (κ1) is 21.9. The molecule has 170 valence electrons. The van der Waals surface area contributed by atoms with E-state index in [0.717, 1.165) is 49.4 Å². The van der Waals surface area contributed by atoms with Gasteiger partial charge in [0.05, 0.1) is 26.1 Å². The van der Waals surface area contributed by atoms with Crippen LogP contribution in [0.5, 0.6) is 0 Å². The van der Waals surface area contributed by atoms with E-state index in [0.29, 0.717) is 6.61 Å². The van der Waals surface area contributed by atoms with Gasteiger partial charge in [0.15, 0.2) is 11.6 Å². The van der Waals surface area contributed by atoms with Crippen LogP contribution in [-0.2, 0) is 28.4 Å². The molecule has 2 saturated carbocycles. The van der Waals surface area contributed by atoms with Crippen molar-refractivity contribution in [3.63, 3.8) is 0 Å². The topological polar surface area (TPSA) is 55.4 Å². The molecule has 0 bridgehead atoms. The van der Waals surface area contributed by atoms with E-state index < -0.39 is 17.2 Å². The molecule has 0 aromatic rings. The normalized spacial score (nSPS) is 42.3. The number of rotatable bonds is 5. The lowest BCUT2D eigenvalue weighted by Gasteiger charge is -2.37. The molecule has 5 fully saturated rings. The number of hydrogen-bond donors (Lipinski definition) is 0. The first-order valence-electron chi connectivity index (χ1n) is 11.7. The number of halogens is 1. The summed E-state index contributed by atoms with van der Waals surface area (Å²) < 4.78 is 39.2. The summed E-state index contributed by atoms with van der Waals surface area (Å²) in [6, 6.07) is 0. The second-order valence-corrected chi connectivity index (χ2v) is 10.3. The van der Waals surface area contributed by atoms with Crippen molar-refractivity contribution in [1.29, 1.82) is 0 Å². The summed E-state index contributed by atoms with van der Waals surface area (Å²) >= 11 is 2.45. The van der Waals surface area contributed by atoms with Crippen LogP contribution in [0.1, 0.15) is 70.6 Å². The van der Waals surface area contributed by atoms with E-state index in [1.54, 1.807) is 13.4 Å². The molecule has 2 aliphatic carbocycles. The highest BCUT2D eigenvalue weighted by Gasteiger charge is 2.69. The lowest BCUT2D eigenvalue weighted by Crippen LogP contribution is -2.50. The fourth-order valence-corrected chi connectivity index (χ4v) is 7.22. The van der Waals surface area contributed by atoms with E-state index in [4.69, 9.17) is 28.4 Å². The highest BCUT2D eigenvalue weighted by molar-refractivity contribution is 14.1. The quantitative estimate of drug-likeness (QED) is 0.292. The fraction of sp³-hybridized carbons (Fsp3) is 0.913. The summed E-state index contributed by atoms with van der Waals surface area (Å²) in [4.78, 5) is 0. The Hall–Kier alpha value is 0.0700. The maximum Gasteiger partial charge on any atom is 0.170 e. The predicted molar refractivity (Wildman–Crippen MR) is 119 cm³/mol. The summed E-state index contributed by atoms with van der Waals surface area (Å²) in [6.07, 6.45) is 15.1. The molecule has 2 spiro atoms. The maximum atomic E-state index is 6.89. The van der Waals surface area contributed by atoms with E-state index in [2.05, 4.69) is 22.6 Å². The Morgan fingerprint density at radius 1 is 0.967 bits per heavy atom. The Balaban J connectivity index is 1.40. The first-order chi connectivity index (χ1) is 14.6. The van der Waals surface area contributed by atoms with Gasteiger partial charge in [-0.3, -0.25) is 0 Å². The molecule has 0 N–H and O–H groups in total. The minimum absolute atomic E-state index is 0.0800. The van der Waals surface area contributed by atoms with Crippen molar-refractivity contribution in [3.05, 3.63) is 12.3 Å². The largest absolute Gasteiger partial charge is 0.505 e. The van der Waals surface area contributed by atoms with E-state index in [9.17, 15) is 0 Å². The van der Waals surface area contributed by atoms with Crippen molar-refractivity contribution in [3.8, 4) is 0 Å². The molecular weight excluding hydrogens is 499 g/mol. The summed E-state index contributed by atoms with van der Waals surface area (Å²) in [5.41, 5.74) is -0.452. The van der Waals surface area contributed by atoms with Gasteiger partial charge in [0.25, 0.3) is 0 Å². The van der Waals surface area contributed by atoms with E-state index in [1.165, 1.54) is 25.7 Å². The maximum absolute atomic E-state index is 6.89. The minimum Gasteiger partial charge on any atom is -0.505 e. The SMILES string of the molecule is CO/C=C/CC1O[C@@H]([C@H]2COC3(CCCCC3)O2)[C@H]2OC3(CCCCC3)OC12CI. The molecule has 5 aliphatic rings. The van der Waals surface area contributed by atoms with Crippen molar-refractivity contribution in [1.82, 2.24) is 0 Å². The van der Waals surface area contributed by atoms with E-state index in [1.807, 2.05) is 6.08 Å². The third-order valence-corrected chi connectivity index (χ3v) is 8.82. The monoisotopic (exact) mass is 534 g/mol. The van der Waals surface area contributed by atoms with Crippen LogP contribution < -0.4 is 0 Å². The van der Waals surface area contributed by atoms with Crippen LogP contribution in [0.3, 0.4) is 0 Å². The number of methoxy groups -OCH3 is 1. The average molecular weight is 534 g/mol. The van der Waals surface area contributed by atoms with E-state index in [-0.39, 0.29) is 24.4 Å². The van der Waals surface area contributed by atoms with Crippen LogP contribution in [0.25, 0.3) is 0 Å². The molecule has 3 saturated heterocycles. The van der Waals surface area contributed by atoms with Gasteiger partial charge in [0.2, 0.25) is 0 Å². The summed E-state index contributed by atoms with van der Waals surface area (Å²) in [5.74, 6) is -0.864. The second-order valence-electron chi connectivity index (χ2n) is 9.57. The van der Waals surface area contributed by atoms with Crippen molar-refractivity contribution >= 4 is 22.6 Å². The molecule has 3 heterocycles. The van der Waals surface area contributed by atoms with Gasteiger partial charge in [-0.2, -0.15) is 0 Å². The highest BCUT2D eigenvalue weighted by atomic mass is 127. The molecular formula is C23H35IO6. The molecule has 5 rings (SSSR count). The zero-order valence-electron chi connectivity index (χ0n) is 18.0. The first-order valence-corrected chi connectivity index (χ1v) is 13.3. The van der Waals surface area contributed by atoms with Gasteiger partial charge in [-0.05, 0) is 38.2 Å². The van der Waals surface area contributed by atoms with Crippen LogP contribution in [-0.4, -0.2) is 59.7 Å². The Morgan fingerprint density at radius 2 is 1.67 bits per heavy atom. The zero-order chi connectivity index (χ0) is 20.7. The molecule has 0 amide bonds. The van der Waals surface area contributed by atoms with Crippen LogP contribution in [0.15, 0.2) is 12.3 Å². The number of hydrogen-bond acceptors (Lipinski definition) is 6. The molecule has 3 aliphatic heterocycles. The molecule has 30 heavy (non-hydrogen) atoms. The summed E-state index contributed by atoms with van der Waals surface area (Å²) in [6.45, 7) is 0.579. The zero-order valence-corrected chi connectivity index (χ0v) is 20.1. The number of alkyl halides is 1. The second kappa shape index (κ2) is 8.78. The predicted octanol–water partition coefficient (Wildman–Crippen LogP) is 4.63.